The van der Waals surface area contributed by atoms with Crippen LogP contribution in [0.25, 0.3) is 10.2 Å². The number of hydrogen-bond donors (Lipinski definition) is 0. The van der Waals surface area contributed by atoms with Crippen LogP contribution in [-0.4, -0.2) is 26.9 Å². The number of amides is 1. The zero-order chi connectivity index (χ0) is 16.1. The molecule has 122 valence electrons. The molecular formula is C17H21N3O2S. The van der Waals surface area contributed by atoms with Crippen LogP contribution in [0.4, 0.5) is 0 Å². The molecule has 2 aromatic heterocycles. The largest absolute Gasteiger partial charge is 0.337 e. The second-order valence-corrected chi connectivity index (χ2v) is 8.15. The second-order valence-electron chi connectivity index (χ2n) is 7.06. The molecule has 2 aromatic rings. The smallest absolute Gasteiger partial charge is 0.262 e. The van der Waals surface area contributed by atoms with Gasteiger partial charge in [-0.05, 0) is 30.7 Å². The molecule has 4 rings (SSSR count). The summed E-state index contributed by atoms with van der Waals surface area (Å²) in [6.45, 7) is 6.27. The van der Waals surface area contributed by atoms with Crippen molar-refractivity contribution in [2.24, 2.45) is 11.8 Å². The Kier molecular flexibility index (Phi) is 3.52. The van der Waals surface area contributed by atoms with Crippen LogP contribution >= 0.6 is 11.3 Å². The highest BCUT2D eigenvalue weighted by molar-refractivity contribution is 7.18. The van der Waals surface area contributed by atoms with Crippen LogP contribution in [0, 0.1) is 11.8 Å². The predicted octanol–water partition coefficient (Wildman–Crippen LogP) is 2.41. The van der Waals surface area contributed by atoms with Gasteiger partial charge in [0, 0.05) is 23.9 Å². The summed E-state index contributed by atoms with van der Waals surface area (Å²) in [5.74, 6) is 0.957. The highest BCUT2D eigenvalue weighted by atomic mass is 32.1. The van der Waals surface area contributed by atoms with Gasteiger partial charge in [-0.3, -0.25) is 14.2 Å². The van der Waals surface area contributed by atoms with Crippen LogP contribution in [0.1, 0.15) is 37.1 Å². The van der Waals surface area contributed by atoms with Crippen LogP contribution in [0.5, 0.6) is 0 Å². The van der Waals surface area contributed by atoms with Crippen LogP contribution in [0.3, 0.4) is 0 Å². The Balaban J connectivity index is 1.72. The van der Waals surface area contributed by atoms with Crippen molar-refractivity contribution < 1.29 is 4.79 Å². The first kappa shape index (κ1) is 14.9. The normalized spacial score (nSPS) is 17.8. The quantitative estimate of drug-likeness (QED) is 0.868. The second kappa shape index (κ2) is 5.44. The monoisotopic (exact) mass is 331 g/mol. The molecule has 2 aliphatic rings. The van der Waals surface area contributed by atoms with Gasteiger partial charge >= 0.3 is 0 Å². The van der Waals surface area contributed by atoms with E-state index in [1.54, 1.807) is 22.2 Å². The molecule has 0 atom stereocenters. The molecule has 0 N–H and O–H groups in total. The van der Waals surface area contributed by atoms with Gasteiger partial charge in [0.05, 0.1) is 18.3 Å². The van der Waals surface area contributed by atoms with Crippen molar-refractivity contribution in [3.63, 3.8) is 0 Å². The lowest BCUT2D eigenvalue weighted by Crippen LogP contribution is -2.36. The topological polar surface area (TPSA) is 55.2 Å². The maximum absolute atomic E-state index is 12.8. The zero-order valence-corrected chi connectivity index (χ0v) is 14.4. The third-order valence-corrected chi connectivity index (χ3v) is 5.75. The minimum atomic E-state index is 0.0724. The first-order valence-corrected chi connectivity index (χ1v) is 9.14. The molecule has 1 saturated carbocycles. The van der Waals surface area contributed by atoms with Gasteiger partial charge in [0.15, 0.2) is 0 Å². The Morgan fingerprint density at radius 3 is 2.91 bits per heavy atom. The molecule has 0 bridgehead atoms. The third-order valence-electron chi connectivity index (χ3n) is 4.63. The summed E-state index contributed by atoms with van der Waals surface area (Å²) in [5, 5.41) is 0.784. The molecule has 23 heavy (non-hydrogen) atoms. The zero-order valence-electron chi connectivity index (χ0n) is 13.5. The first-order valence-electron chi connectivity index (χ1n) is 8.33. The summed E-state index contributed by atoms with van der Waals surface area (Å²) in [6, 6.07) is 0. The molecule has 1 aliphatic carbocycles. The fraction of sp³-hybridized carbons (Fsp3) is 0.588. The molecule has 1 amide bonds. The van der Waals surface area contributed by atoms with E-state index in [2.05, 4.69) is 18.8 Å². The Labute approximate surface area is 138 Å². The molecule has 6 heteroatoms. The van der Waals surface area contributed by atoms with Gasteiger partial charge < -0.3 is 4.90 Å². The van der Waals surface area contributed by atoms with E-state index in [0.29, 0.717) is 24.9 Å². The van der Waals surface area contributed by atoms with Gasteiger partial charge in [0.1, 0.15) is 4.83 Å². The summed E-state index contributed by atoms with van der Waals surface area (Å²) >= 11 is 1.58. The molecule has 1 fully saturated rings. The highest BCUT2D eigenvalue weighted by Crippen LogP contribution is 2.36. The Morgan fingerprint density at radius 2 is 2.22 bits per heavy atom. The summed E-state index contributed by atoms with van der Waals surface area (Å²) in [4.78, 5) is 33.5. The highest BCUT2D eigenvalue weighted by Gasteiger charge is 2.35. The molecular weight excluding hydrogens is 310 g/mol. The number of nitrogens with zero attached hydrogens (tertiary/aromatic N) is 3. The maximum atomic E-state index is 12.8. The van der Waals surface area contributed by atoms with E-state index in [4.69, 9.17) is 0 Å². The number of rotatable bonds is 3. The van der Waals surface area contributed by atoms with E-state index < -0.39 is 0 Å². The third kappa shape index (κ3) is 2.59. The number of carbonyl (C=O) groups is 1. The van der Waals surface area contributed by atoms with Gasteiger partial charge in [-0.1, -0.05) is 13.8 Å². The van der Waals surface area contributed by atoms with Crippen molar-refractivity contribution in [2.45, 2.75) is 46.2 Å². The van der Waals surface area contributed by atoms with E-state index in [9.17, 15) is 9.59 Å². The molecule has 1 aliphatic heterocycles. The molecule has 5 nitrogen and oxygen atoms in total. The van der Waals surface area contributed by atoms with E-state index in [0.717, 1.165) is 46.5 Å². The Hall–Kier alpha value is -1.69. The van der Waals surface area contributed by atoms with E-state index in [1.807, 2.05) is 4.90 Å². The fourth-order valence-corrected chi connectivity index (χ4v) is 4.51. The summed E-state index contributed by atoms with van der Waals surface area (Å²) in [6.07, 6.45) is 4.52. The predicted molar refractivity (Wildman–Crippen MR) is 90.6 cm³/mol. The minimum Gasteiger partial charge on any atom is -0.337 e. The average Bonchev–Trinajstić information content (AvgIpc) is 3.29. The summed E-state index contributed by atoms with van der Waals surface area (Å²) in [7, 11) is 0. The average molecular weight is 331 g/mol. The van der Waals surface area contributed by atoms with Crippen LogP contribution in [0.15, 0.2) is 11.1 Å². The number of carbonyl (C=O) groups excluding carboxylic acids is 1. The molecule has 0 unspecified atom stereocenters. The van der Waals surface area contributed by atoms with Crippen LogP contribution < -0.4 is 5.56 Å². The van der Waals surface area contributed by atoms with Gasteiger partial charge in [-0.2, -0.15) is 0 Å². The number of aromatic nitrogens is 2. The van der Waals surface area contributed by atoms with Crippen LogP contribution in [-0.2, 0) is 24.3 Å². The maximum Gasteiger partial charge on any atom is 0.262 e. The van der Waals surface area contributed by atoms with Gasteiger partial charge in [0.2, 0.25) is 5.91 Å². The molecule has 0 spiro atoms. The standard InChI is InChI=1S/C17H21N3O2S/c1-10(2)7-20-9-18-15-14(17(20)22)12-5-6-19(8-13(12)23-15)16(21)11-3-4-11/h9-11H,3-8H2,1-2H3. The minimum absolute atomic E-state index is 0.0724. The van der Waals surface area contributed by atoms with Gasteiger partial charge in [-0.25, -0.2) is 4.98 Å². The van der Waals surface area contributed by atoms with Crippen molar-refractivity contribution >= 4 is 27.5 Å². The fourth-order valence-electron chi connectivity index (χ4n) is 3.32. The van der Waals surface area contributed by atoms with Gasteiger partial charge in [0.25, 0.3) is 5.56 Å². The lowest BCUT2D eigenvalue weighted by Gasteiger charge is -2.27. The molecule has 3 heterocycles. The molecule has 0 saturated heterocycles. The number of fused-ring (bicyclic) bond motifs is 3. The van der Waals surface area contributed by atoms with Crippen molar-refractivity contribution in [3.8, 4) is 0 Å². The lowest BCUT2D eigenvalue weighted by molar-refractivity contribution is -0.133. The molecule has 0 radical (unpaired) electrons. The van der Waals surface area contributed by atoms with Crippen molar-refractivity contribution in [1.29, 1.82) is 0 Å². The van der Waals surface area contributed by atoms with Crippen molar-refractivity contribution in [3.05, 3.63) is 27.1 Å². The lowest BCUT2D eigenvalue weighted by atomic mass is 10.0. The summed E-state index contributed by atoms with van der Waals surface area (Å²) in [5.41, 5.74) is 1.20. The van der Waals surface area contributed by atoms with E-state index in [-0.39, 0.29) is 11.5 Å². The van der Waals surface area contributed by atoms with Crippen molar-refractivity contribution in [2.75, 3.05) is 6.54 Å². The van der Waals surface area contributed by atoms with E-state index >= 15 is 0 Å². The van der Waals surface area contributed by atoms with E-state index in [1.165, 1.54) is 0 Å². The first-order chi connectivity index (χ1) is 11.0. The summed E-state index contributed by atoms with van der Waals surface area (Å²) < 4.78 is 1.72. The number of thiophene rings is 1. The Morgan fingerprint density at radius 1 is 1.43 bits per heavy atom. The molecule has 0 aromatic carbocycles. The number of hydrogen-bond acceptors (Lipinski definition) is 4. The van der Waals surface area contributed by atoms with Crippen LogP contribution in [0.2, 0.25) is 0 Å². The SMILES string of the molecule is CC(C)Cn1cnc2sc3c(c2c1=O)CCN(C(=O)C1CC1)C3. The Bertz CT molecular complexity index is 832. The van der Waals surface area contributed by atoms with Gasteiger partial charge in [-0.15, -0.1) is 11.3 Å². The van der Waals surface area contributed by atoms with Crippen molar-refractivity contribution in [1.82, 2.24) is 14.5 Å².